The molecule has 1 radical (unpaired) electrons. The Kier molecular flexibility index (Phi) is 2.08. The molecule has 0 aliphatic heterocycles. The number of carbonyl (C=O) groups is 1. The van der Waals surface area contributed by atoms with Gasteiger partial charge in [0.25, 0.3) is 0 Å². The molecule has 0 bridgehead atoms. The van der Waals surface area contributed by atoms with Crippen molar-refractivity contribution in [3.63, 3.8) is 0 Å². The van der Waals surface area contributed by atoms with Gasteiger partial charge in [-0.05, 0) is 22.2 Å². The van der Waals surface area contributed by atoms with Gasteiger partial charge in [-0.3, -0.25) is 0 Å². The van der Waals surface area contributed by atoms with Crippen LogP contribution in [0.3, 0.4) is 0 Å². The van der Waals surface area contributed by atoms with Gasteiger partial charge in [-0.1, -0.05) is 48.5 Å². The Morgan fingerprint density at radius 2 is 1.47 bits per heavy atom. The Balaban J connectivity index is 2.59. The van der Waals surface area contributed by atoms with Gasteiger partial charge < -0.3 is 0 Å². The van der Waals surface area contributed by atoms with Crippen LogP contribution in [0.15, 0.2) is 54.6 Å². The highest BCUT2D eigenvalue weighted by molar-refractivity contribution is 6.16. The summed E-state index contributed by atoms with van der Waals surface area (Å²) in [7, 11) is 0. The van der Waals surface area contributed by atoms with Gasteiger partial charge in [0.1, 0.15) is 0 Å². The fourth-order valence-corrected chi connectivity index (χ4v) is 2.23. The summed E-state index contributed by atoms with van der Waals surface area (Å²) in [5.74, 6) is -1.13. The fraction of sp³-hybridized carbons (Fsp3) is 0. The molecule has 2 nitrogen and oxygen atoms in total. The molecular weight excluding hydrogens is 212 g/mol. The second-order valence-corrected chi connectivity index (χ2v) is 3.98. The molecule has 0 aliphatic rings. The number of carbonyl (C=O) groups excluding carboxylic acids is 1. The van der Waals surface area contributed by atoms with Crippen molar-refractivity contribution < 1.29 is 9.90 Å². The minimum absolute atomic E-state index is 0.249. The van der Waals surface area contributed by atoms with E-state index < -0.39 is 5.97 Å². The van der Waals surface area contributed by atoms with E-state index in [-0.39, 0.29) is 5.56 Å². The average molecular weight is 221 g/mol. The summed E-state index contributed by atoms with van der Waals surface area (Å²) in [5, 5.41) is 14.8. The molecule has 0 atom stereocenters. The molecule has 81 valence electrons. The number of hydrogen-bond donors (Lipinski definition) is 0. The van der Waals surface area contributed by atoms with Crippen LogP contribution in [0.2, 0.25) is 0 Å². The average Bonchev–Trinajstić information content (AvgIpc) is 2.37. The highest BCUT2D eigenvalue weighted by Crippen LogP contribution is 2.28. The molecule has 0 fully saturated rings. The second-order valence-electron chi connectivity index (χ2n) is 3.98. The molecule has 0 saturated heterocycles. The Bertz CT molecular complexity index is 729. The Morgan fingerprint density at radius 3 is 2.29 bits per heavy atom. The first-order valence-corrected chi connectivity index (χ1v) is 5.39. The zero-order valence-electron chi connectivity index (χ0n) is 9.01. The molecule has 0 N–H and O–H groups in total. The number of hydrogen-bond acceptors (Lipinski definition) is 1. The van der Waals surface area contributed by atoms with Crippen molar-refractivity contribution in [1.82, 2.24) is 0 Å². The Labute approximate surface area is 98.1 Å². The van der Waals surface area contributed by atoms with Gasteiger partial charge >= 0.3 is 5.97 Å². The highest BCUT2D eigenvalue weighted by atomic mass is 16.4. The summed E-state index contributed by atoms with van der Waals surface area (Å²) in [4.78, 5) is 11.1. The van der Waals surface area contributed by atoms with Crippen molar-refractivity contribution >= 4 is 27.5 Å². The smallest absolute Gasteiger partial charge is 0.241 e. The lowest BCUT2D eigenvalue weighted by molar-refractivity contribution is 0.0575. The van der Waals surface area contributed by atoms with Crippen LogP contribution < -0.4 is 0 Å². The highest BCUT2D eigenvalue weighted by Gasteiger charge is 2.11. The summed E-state index contributed by atoms with van der Waals surface area (Å²) < 4.78 is 0. The molecule has 0 aromatic heterocycles. The number of benzene rings is 3. The summed E-state index contributed by atoms with van der Waals surface area (Å²) in [6.45, 7) is 0. The van der Waals surface area contributed by atoms with Crippen LogP contribution in [-0.4, -0.2) is 5.97 Å². The van der Waals surface area contributed by atoms with E-state index >= 15 is 0 Å². The first-order valence-electron chi connectivity index (χ1n) is 5.39. The van der Waals surface area contributed by atoms with Crippen molar-refractivity contribution in [3.05, 3.63) is 60.2 Å². The maximum Gasteiger partial charge on any atom is 0.386 e. The van der Waals surface area contributed by atoms with Gasteiger partial charge in [0.2, 0.25) is 0 Å². The van der Waals surface area contributed by atoms with E-state index in [9.17, 15) is 9.90 Å². The molecule has 0 spiro atoms. The summed E-state index contributed by atoms with van der Waals surface area (Å²) >= 11 is 0. The van der Waals surface area contributed by atoms with E-state index in [0.717, 1.165) is 21.5 Å². The molecule has 0 unspecified atom stereocenters. The topological polar surface area (TPSA) is 37.0 Å². The third kappa shape index (κ3) is 1.46. The minimum atomic E-state index is -1.13. The quantitative estimate of drug-likeness (QED) is 0.579. The standard InChI is InChI=1S/C15H9O2/c16-15(17)13-7-3-5-11-9-8-10-4-1-2-6-12(10)14(11)13/h1-9H. The molecule has 3 rings (SSSR count). The molecule has 0 amide bonds. The van der Waals surface area contributed by atoms with Gasteiger partial charge in [-0.25, -0.2) is 9.90 Å². The molecule has 17 heavy (non-hydrogen) atoms. The number of fused-ring (bicyclic) bond motifs is 3. The zero-order valence-corrected chi connectivity index (χ0v) is 9.01. The van der Waals surface area contributed by atoms with Crippen molar-refractivity contribution in [3.8, 4) is 0 Å². The normalized spacial score (nSPS) is 10.8. The molecule has 2 heteroatoms. The Hall–Kier alpha value is -2.35. The van der Waals surface area contributed by atoms with Crippen LogP contribution in [0.1, 0.15) is 10.4 Å². The molecule has 0 saturated carbocycles. The molecule has 3 aromatic carbocycles. The lowest BCUT2D eigenvalue weighted by Crippen LogP contribution is -1.95. The van der Waals surface area contributed by atoms with E-state index in [2.05, 4.69) is 0 Å². The van der Waals surface area contributed by atoms with Crippen LogP contribution in [0.25, 0.3) is 21.5 Å². The predicted molar refractivity (Wildman–Crippen MR) is 66.5 cm³/mol. The van der Waals surface area contributed by atoms with Crippen molar-refractivity contribution in [2.24, 2.45) is 0 Å². The lowest BCUT2D eigenvalue weighted by atomic mass is 9.98. The summed E-state index contributed by atoms with van der Waals surface area (Å²) in [6.07, 6.45) is 0. The van der Waals surface area contributed by atoms with Gasteiger partial charge in [0.05, 0.1) is 5.56 Å². The van der Waals surface area contributed by atoms with Crippen LogP contribution in [0.5, 0.6) is 0 Å². The fourth-order valence-electron chi connectivity index (χ4n) is 2.23. The van der Waals surface area contributed by atoms with Crippen LogP contribution in [-0.2, 0) is 5.11 Å². The van der Waals surface area contributed by atoms with Crippen LogP contribution in [0.4, 0.5) is 0 Å². The third-order valence-corrected chi connectivity index (χ3v) is 2.99. The largest absolute Gasteiger partial charge is 0.386 e. The molecule has 3 aromatic rings. The first kappa shape index (κ1) is 9.85. The van der Waals surface area contributed by atoms with Crippen LogP contribution >= 0.6 is 0 Å². The number of rotatable bonds is 1. The zero-order chi connectivity index (χ0) is 11.8. The van der Waals surface area contributed by atoms with E-state index in [1.807, 2.05) is 42.5 Å². The van der Waals surface area contributed by atoms with Gasteiger partial charge in [0.15, 0.2) is 0 Å². The predicted octanol–water partition coefficient (Wildman–Crippen LogP) is 3.56. The van der Waals surface area contributed by atoms with Gasteiger partial charge in [-0.15, -0.1) is 0 Å². The van der Waals surface area contributed by atoms with Gasteiger partial charge in [-0.2, -0.15) is 0 Å². The maximum absolute atomic E-state index is 11.1. The minimum Gasteiger partial charge on any atom is -0.241 e. The first-order chi connectivity index (χ1) is 8.27. The van der Waals surface area contributed by atoms with Crippen molar-refractivity contribution in [2.75, 3.05) is 0 Å². The Morgan fingerprint density at radius 1 is 0.765 bits per heavy atom. The second kappa shape index (κ2) is 3.59. The van der Waals surface area contributed by atoms with Crippen molar-refractivity contribution in [1.29, 1.82) is 0 Å². The van der Waals surface area contributed by atoms with E-state index in [0.29, 0.717) is 0 Å². The maximum atomic E-state index is 11.1. The third-order valence-electron chi connectivity index (χ3n) is 2.99. The van der Waals surface area contributed by atoms with Gasteiger partial charge in [0, 0.05) is 5.39 Å². The van der Waals surface area contributed by atoms with E-state index in [1.165, 1.54) is 0 Å². The molecule has 0 heterocycles. The molecule has 0 aliphatic carbocycles. The van der Waals surface area contributed by atoms with E-state index in [4.69, 9.17) is 0 Å². The monoisotopic (exact) mass is 221 g/mol. The summed E-state index contributed by atoms with van der Waals surface area (Å²) in [5.41, 5.74) is 0.249. The summed E-state index contributed by atoms with van der Waals surface area (Å²) in [6, 6.07) is 16.9. The van der Waals surface area contributed by atoms with Crippen molar-refractivity contribution in [2.45, 2.75) is 0 Å². The molecular formula is C15H9O2. The van der Waals surface area contributed by atoms with E-state index in [1.54, 1.807) is 12.1 Å². The van der Waals surface area contributed by atoms with Crippen LogP contribution in [0, 0.1) is 0 Å². The SMILES string of the molecule is [O]C(=O)c1cccc2ccc3ccccc3c12. The lowest BCUT2D eigenvalue weighted by Gasteiger charge is -2.05.